The van der Waals surface area contributed by atoms with Gasteiger partial charge in [0.25, 0.3) is 0 Å². The molecule has 1 aromatic heterocycles. The fourth-order valence-corrected chi connectivity index (χ4v) is 2.09. The summed E-state index contributed by atoms with van der Waals surface area (Å²) in [4.78, 5) is 24.6. The fraction of sp³-hybridized carbons (Fsp3) is 0.500. The number of primary amides is 1. The third-order valence-electron chi connectivity index (χ3n) is 3.16. The Balaban J connectivity index is 1.84. The van der Waals surface area contributed by atoms with E-state index >= 15 is 0 Å². The number of rotatable bonds is 3. The van der Waals surface area contributed by atoms with Crippen molar-refractivity contribution in [1.82, 2.24) is 4.90 Å². The summed E-state index contributed by atoms with van der Waals surface area (Å²) in [6.45, 7) is 1.21. The summed E-state index contributed by atoms with van der Waals surface area (Å²) in [5.41, 5.74) is 5.24. The first kappa shape index (κ1) is 11.7. The van der Waals surface area contributed by atoms with E-state index in [0.717, 1.165) is 0 Å². The van der Waals surface area contributed by atoms with Crippen LogP contribution in [0.1, 0.15) is 18.6 Å². The van der Waals surface area contributed by atoms with Gasteiger partial charge in [-0.25, -0.2) is 0 Å². The molecule has 0 atom stereocenters. The van der Waals surface area contributed by atoms with E-state index in [9.17, 15) is 9.59 Å². The number of amides is 2. The molecule has 17 heavy (non-hydrogen) atoms. The molecule has 0 saturated carbocycles. The van der Waals surface area contributed by atoms with Crippen molar-refractivity contribution in [3.05, 3.63) is 24.2 Å². The Labute approximate surface area is 99.6 Å². The molecule has 2 rings (SSSR count). The number of hydrogen-bond acceptors (Lipinski definition) is 3. The number of piperidine rings is 1. The van der Waals surface area contributed by atoms with Gasteiger partial charge in [-0.05, 0) is 25.0 Å². The van der Waals surface area contributed by atoms with Crippen LogP contribution in [0.15, 0.2) is 22.8 Å². The topological polar surface area (TPSA) is 76.5 Å². The molecule has 1 aliphatic heterocycles. The molecule has 1 aliphatic rings. The minimum absolute atomic E-state index is 0.0443. The summed E-state index contributed by atoms with van der Waals surface area (Å²) in [6, 6.07) is 3.55. The summed E-state index contributed by atoms with van der Waals surface area (Å²) < 4.78 is 5.13. The molecule has 0 spiro atoms. The highest BCUT2D eigenvalue weighted by Crippen LogP contribution is 2.17. The van der Waals surface area contributed by atoms with Crippen LogP contribution in [-0.2, 0) is 16.0 Å². The van der Waals surface area contributed by atoms with Crippen molar-refractivity contribution in [1.29, 1.82) is 0 Å². The largest absolute Gasteiger partial charge is 0.469 e. The van der Waals surface area contributed by atoms with Crippen molar-refractivity contribution in [2.24, 2.45) is 11.7 Å². The Bertz CT molecular complexity index is 392. The maximum atomic E-state index is 11.9. The van der Waals surface area contributed by atoms with Crippen molar-refractivity contribution in [3.8, 4) is 0 Å². The lowest BCUT2D eigenvalue weighted by atomic mass is 9.96. The van der Waals surface area contributed by atoms with E-state index in [1.165, 1.54) is 0 Å². The van der Waals surface area contributed by atoms with Gasteiger partial charge in [0.2, 0.25) is 11.8 Å². The number of likely N-dealkylation sites (tertiary alicyclic amines) is 1. The van der Waals surface area contributed by atoms with E-state index < -0.39 is 0 Å². The molecule has 5 heteroatoms. The predicted molar refractivity (Wildman–Crippen MR) is 60.9 cm³/mol. The monoisotopic (exact) mass is 236 g/mol. The zero-order chi connectivity index (χ0) is 12.3. The van der Waals surface area contributed by atoms with E-state index in [1.54, 1.807) is 23.3 Å². The minimum atomic E-state index is -0.261. The molecule has 0 unspecified atom stereocenters. The van der Waals surface area contributed by atoms with Gasteiger partial charge < -0.3 is 15.1 Å². The first-order valence-electron chi connectivity index (χ1n) is 5.76. The Morgan fingerprint density at radius 2 is 2.12 bits per heavy atom. The van der Waals surface area contributed by atoms with Gasteiger partial charge in [0.05, 0.1) is 12.7 Å². The predicted octanol–water partition coefficient (Wildman–Crippen LogP) is 0.546. The molecule has 2 heterocycles. The van der Waals surface area contributed by atoms with E-state index in [2.05, 4.69) is 0 Å². The second-order valence-electron chi connectivity index (χ2n) is 4.31. The van der Waals surface area contributed by atoms with Gasteiger partial charge in [-0.3, -0.25) is 9.59 Å². The maximum Gasteiger partial charge on any atom is 0.230 e. The average molecular weight is 236 g/mol. The fourth-order valence-electron chi connectivity index (χ4n) is 2.09. The lowest BCUT2D eigenvalue weighted by Gasteiger charge is -2.30. The molecule has 1 saturated heterocycles. The first-order valence-corrected chi connectivity index (χ1v) is 5.76. The van der Waals surface area contributed by atoms with Crippen LogP contribution in [-0.4, -0.2) is 29.8 Å². The third kappa shape index (κ3) is 2.87. The highest BCUT2D eigenvalue weighted by atomic mass is 16.3. The highest BCUT2D eigenvalue weighted by Gasteiger charge is 2.25. The highest BCUT2D eigenvalue weighted by molar-refractivity contribution is 5.79. The molecule has 0 radical (unpaired) electrons. The molecule has 0 bridgehead atoms. The average Bonchev–Trinajstić information content (AvgIpc) is 2.82. The SMILES string of the molecule is NC(=O)C1CCN(C(=O)Cc2ccco2)CC1. The third-order valence-corrected chi connectivity index (χ3v) is 3.16. The van der Waals surface area contributed by atoms with E-state index in [0.29, 0.717) is 31.7 Å². The molecular weight excluding hydrogens is 220 g/mol. The normalized spacial score (nSPS) is 17.1. The molecular formula is C12H16N2O3. The molecule has 2 amide bonds. The van der Waals surface area contributed by atoms with Crippen LogP contribution in [0.4, 0.5) is 0 Å². The Morgan fingerprint density at radius 3 is 2.65 bits per heavy atom. The summed E-state index contributed by atoms with van der Waals surface area (Å²) >= 11 is 0. The van der Waals surface area contributed by atoms with Crippen molar-refractivity contribution < 1.29 is 14.0 Å². The molecule has 1 aromatic rings. The number of carbonyl (C=O) groups is 2. The lowest BCUT2D eigenvalue weighted by Crippen LogP contribution is -2.42. The van der Waals surface area contributed by atoms with Gasteiger partial charge in [-0.1, -0.05) is 0 Å². The Kier molecular flexibility index (Phi) is 3.46. The van der Waals surface area contributed by atoms with Gasteiger partial charge in [-0.2, -0.15) is 0 Å². The van der Waals surface area contributed by atoms with Crippen LogP contribution in [0.3, 0.4) is 0 Å². The van der Waals surface area contributed by atoms with Gasteiger partial charge in [0.15, 0.2) is 0 Å². The second kappa shape index (κ2) is 5.03. The number of nitrogens with zero attached hydrogens (tertiary/aromatic N) is 1. The Hall–Kier alpha value is -1.78. The smallest absolute Gasteiger partial charge is 0.230 e. The van der Waals surface area contributed by atoms with Crippen LogP contribution in [0, 0.1) is 5.92 Å². The van der Waals surface area contributed by atoms with Gasteiger partial charge in [-0.15, -0.1) is 0 Å². The quantitative estimate of drug-likeness (QED) is 0.832. The van der Waals surface area contributed by atoms with Crippen LogP contribution >= 0.6 is 0 Å². The van der Waals surface area contributed by atoms with Crippen molar-refractivity contribution in [2.75, 3.05) is 13.1 Å². The molecule has 1 fully saturated rings. The summed E-state index contributed by atoms with van der Waals surface area (Å²) in [5, 5.41) is 0. The van der Waals surface area contributed by atoms with Crippen LogP contribution < -0.4 is 5.73 Å². The molecule has 0 aromatic carbocycles. The second-order valence-corrected chi connectivity index (χ2v) is 4.31. The maximum absolute atomic E-state index is 11.9. The van der Waals surface area contributed by atoms with Crippen molar-refractivity contribution >= 4 is 11.8 Å². The molecule has 5 nitrogen and oxygen atoms in total. The molecule has 92 valence electrons. The van der Waals surface area contributed by atoms with Gasteiger partial charge in [0.1, 0.15) is 5.76 Å². The lowest BCUT2D eigenvalue weighted by molar-refractivity contribution is -0.134. The first-order chi connectivity index (χ1) is 8.16. The van der Waals surface area contributed by atoms with Crippen molar-refractivity contribution in [2.45, 2.75) is 19.3 Å². The number of carbonyl (C=O) groups excluding carboxylic acids is 2. The van der Waals surface area contributed by atoms with E-state index in [4.69, 9.17) is 10.2 Å². The zero-order valence-corrected chi connectivity index (χ0v) is 9.59. The summed E-state index contributed by atoms with van der Waals surface area (Å²) in [5.74, 6) is 0.376. The van der Waals surface area contributed by atoms with Gasteiger partial charge in [0, 0.05) is 19.0 Å². The Morgan fingerprint density at radius 1 is 1.41 bits per heavy atom. The molecule has 2 N–H and O–H groups in total. The van der Waals surface area contributed by atoms with Crippen molar-refractivity contribution in [3.63, 3.8) is 0 Å². The van der Waals surface area contributed by atoms with Crippen LogP contribution in [0.5, 0.6) is 0 Å². The van der Waals surface area contributed by atoms with Gasteiger partial charge >= 0.3 is 0 Å². The summed E-state index contributed by atoms with van der Waals surface area (Å²) in [6.07, 6.45) is 3.18. The van der Waals surface area contributed by atoms with Crippen LogP contribution in [0.25, 0.3) is 0 Å². The standard InChI is InChI=1S/C12H16N2O3/c13-12(16)9-3-5-14(6-4-9)11(15)8-10-2-1-7-17-10/h1-2,7,9H,3-6,8H2,(H2,13,16). The minimum Gasteiger partial charge on any atom is -0.469 e. The van der Waals surface area contributed by atoms with E-state index in [1.807, 2.05) is 0 Å². The molecule has 0 aliphatic carbocycles. The number of hydrogen-bond donors (Lipinski definition) is 1. The zero-order valence-electron chi connectivity index (χ0n) is 9.59. The number of furan rings is 1. The summed E-state index contributed by atoms with van der Waals surface area (Å²) in [7, 11) is 0. The van der Waals surface area contributed by atoms with E-state index in [-0.39, 0.29) is 24.2 Å². The number of nitrogens with two attached hydrogens (primary N) is 1. The van der Waals surface area contributed by atoms with Crippen LogP contribution in [0.2, 0.25) is 0 Å².